The molecule has 2 N–H and O–H groups in total. The van der Waals surface area contributed by atoms with Crippen LogP contribution in [-0.2, 0) is 11.4 Å². The Kier molecular flexibility index (Phi) is 6.51. The standard InChI is InChI=1S/C24H27N3O3S/c1-3-7-16(2)27-23-21(24(29)26-27)22(31-15-20(28)25-23)18-10-12-19(13-11-18)30-14-17-8-5-4-6-9-17/h4-6,8-13,16,22H,3,7,14-15H2,1-2H3,(H,25,28)(H,26,29). The number of aromatic amines is 1. The van der Waals surface area contributed by atoms with Gasteiger partial charge in [-0.1, -0.05) is 55.8 Å². The van der Waals surface area contributed by atoms with E-state index in [1.807, 2.05) is 59.3 Å². The number of hydrogen-bond donors (Lipinski definition) is 2. The fourth-order valence-corrected chi connectivity index (χ4v) is 4.99. The molecule has 1 aliphatic heterocycles. The second-order valence-corrected chi connectivity index (χ2v) is 8.89. The average molecular weight is 438 g/mol. The molecule has 1 aliphatic rings. The molecule has 6 nitrogen and oxygen atoms in total. The summed E-state index contributed by atoms with van der Waals surface area (Å²) in [6, 6.07) is 17.9. The van der Waals surface area contributed by atoms with Crippen molar-refractivity contribution in [1.29, 1.82) is 0 Å². The van der Waals surface area contributed by atoms with Crippen LogP contribution in [0.15, 0.2) is 59.4 Å². The molecule has 1 amide bonds. The van der Waals surface area contributed by atoms with Gasteiger partial charge < -0.3 is 10.1 Å². The summed E-state index contributed by atoms with van der Waals surface area (Å²) in [7, 11) is 0. The van der Waals surface area contributed by atoms with Crippen LogP contribution >= 0.6 is 11.8 Å². The molecule has 0 fully saturated rings. The maximum absolute atomic E-state index is 12.9. The van der Waals surface area contributed by atoms with Crippen molar-refractivity contribution in [3.63, 3.8) is 0 Å². The number of thioether (sulfide) groups is 1. The quantitative estimate of drug-likeness (QED) is 0.552. The average Bonchev–Trinajstić information content (AvgIpc) is 2.99. The number of benzene rings is 2. The summed E-state index contributed by atoms with van der Waals surface area (Å²) in [4.78, 5) is 25.3. The first-order chi connectivity index (χ1) is 15.1. The molecule has 0 spiro atoms. The van der Waals surface area contributed by atoms with E-state index in [1.54, 1.807) is 0 Å². The molecule has 0 saturated carbocycles. The lowest BCUT2D eigenvalue weighted by atomic mass is 10.1. The number of anilines is 1. The minimum absolute atomic E-state index is 0.0898. The van der Waals surface area contributed by atoms with Crippen molar-refractivity contribution < 1.29 is 9.53 Å². The second-order valence-electron chi connectivity index (χ2n) is 7.79. The molecule has 1 aromatic heterocycles. The lowest BCUT2D eigenvalue weighted by Crippen LogP contribution is -2.18. The summed E-state index contributed by atoms with van der Waals surface area (Å²) in [5.74, 6) is 1.57. The molecule has 0 radical (unpaired) electrons. The van der Waals surface area contributed by atoms with Crippen LogP contribution in [0.4, 0.5) is 5.82 Å². The summed E-state index contributed by atoms with van der Waals surface area (Å²) >= 11 is 1.47. The number of carbonyl (C=O) groups excluding carboxylic acids is 1. The van der Waals surface area contributed by atoms with E-state index in [1.165, 1.54) is 11.8 Å². The Morgan fingerprint density at radius 3 is 2.58 bits per heavy atom. The van der Waals surface area contributed by atoms with Gasteiger partial charge in [0.25, 0.3) is 5.56 Å². The van der Waals surface area contributed by atoms with Gasteiger partial charge in [-0.3, -0.25) is 19.4 Å². The van der Waals surface area contributed by atoms with E-state index in [0.717, 1.165) is 29.7 Å². The lowest BCUT2D eigenvalue weighted by Gasteiger charge is -2.17. The number of nitrogens with one attached hydrogen (secondary N) is 2. The molecule has 3 aromatic rings. The Morgan fingerprint density at radius 2 is 1.87 bits per heavy atom. The van der Waals surface area contributed by atoms with Crippen LogP contribution in [0, 0.1) is 0 Å². The first-order valence-corrected chi connectivity index (χ1v) is 11.6. The first-order valence-electron chi connectivity index (χ1n) is 10.6. The molecular formula is C24H27N3O3S. The number of hydrogen-bond acceptors (Lipinski definition) is 4. The van der Waals surface area contributed by atoms with Crippen LogP contribution in [0.25, 0.3) is 0 Å². The number of H-pyrrole nitrogens is 1. The highest BCUT2D eigenvalue weighted by molar-refractivity contribution is 8.00. The van der Waals surface area contributed by atoms with Crippen molar-refractivity contribution in [3.8, 4) is 5.75 Å². The van der Waals surface area contributed by atoms with Gasteiger partial charge in [-0.15, -0.1) is 11.8 Å². The van der Waals surface area contributed by atoms with Crippen LogP contribution in [-0.4, -0.2) is 21.4 Å². The highest BCUT2D eigenvalue weighted by atomic mass is 32.2. The molecule has 2 aromatic carbocycles. The Morgan fingerprint density at radius 1 is 1.13 bits per heavy atom. The van der Waals surface area contributed by atoms with Crippen LogP contribution in [0.2, 0.25) is 0 Å². The van der Waals surface area contributed by atoms with Gasteiger partial charge in [0.2, 0.25) is 5.91 Å². The number of aromatic nitrogens is 2. The van der Waals surface area contributed by atoms with Crippen LogP contribution < -0.4 is 15.6 Å². The zero-order valence-corrected chi connectivity index (χ0v) is 18.6. The minimum Gasteiger partial charge on any atom is -0.489 e. The van der Waals surface area contributed by atoms with E-state index in [4.69, 9.17) is 4.74 Å². The third-order valence-electron chi connectivity index (χ3n) is 5.44. The van der Waals surface area contributed by atoms with Gasteiger partial charge in [0.1, 0.15) is 18.2 Å². The highest BCUT2D eigenvalue weighted by Gasteiger charge is 2.31. The van der Waals surface area contributed by atoms with Gasteiger partial charge in [-0.25, -0.2) is 0 Å². The van der Waals surface area contributed by atoms with E-state index >= 15 is 0 Å². The van der Waals surface area contributed by atoms with Crippen molar-refractivity contribution in [2.24, 2.45) is 0 Å². The molecule has 4 rings (SSSR count). The molecule has 2 unspecified atom stereocenters. The maximum atomic E-state index is 12.9. The molecule has 0 aliphatic carbocycles. The second kappa shape index (κ2) is 9.47. The Hall–Kier alpha value is -2.93. The van der Waals surface area contributed by atoms with E-state index in [9.17, 15) is 9.59 Å². The topological polar surface area (TPSA) is 76.1 Å². The van der Waals surface area contributed by atoms with Gasteiger partial charge >= 0.3 is 0 Å². The molecular weight excluding hydrogens is 410 g/mol. The smallest absolute Gasteiger partial charge is 0.270 e. The summed E-state index contributed by atoms with van der Waals surface area (Å²) < 4.78 is 7.70. The van der Waals surface area contributed by atoms with E-state index < -0.39 is 0 Å². The zero-order valence-electron chi connectivity index (χ0n) is 17.8. The fraction of sp³-hybridized carbons (Fsp3) is 0.333. The Balaban J connectivity index is 1.60. The predicted molar refractivity (Wildman–Crippen MR) is 125 cm³/mol. The molecule has 0 saturated heterocycles. The summed E-state index contributed by atoms with van der Waals surface area (Å²) in [6.07, 6.45) is 1.91. The molecule has 7 heteroatoms. The van der Waals surface area contributed by atoms with Gasteiger partial charge in [-0.2, -0.15) is 0 Å². The number of nitrogens with zero attached hydrogens (tertiary/aromatic N) is 1. The van der Waals surface area contributed by atoms with E-state index in [2.05, 4.69) is 24.3 Å². The number of amides is 1. The van der Waals surface area contributed by atoms with E-state index in [-0.39, 0.29) is 22.8 Å². The van der Waals surface area contributed by atoms with Crippen molar-refractivity contribution >= 4 is 23.5 Å². The van der Waals surface area contributed by atoms with Crippen molar-refractivity contribution in [3.05, 3.63) is 81.6 Å². The number of ether oxygens (including phenoxy) is 1. The van der Waals surface area contributed by atoms with Crippen molar-refractivity contribution in [1.82, 2.24) is 9.78 Å². The molecule has 162 valence electrons. The molecule has 31 heavy (non-hydrogen) atoms. The highest BCUT2D eigenvalue weighted by Crippen LogP contribution is 2.41. The Labute approximate surface area is 186 Å². The summed E-state index contributed by atoms with van der Waals surface area (Å²) in [5.41, 5.74) is 2.54. The number of carbonyl (C=O) groups is 1. The van der Waals surface area contributed by atoms with Gasteiger partial charge in [0.05, 0.1) is 16.6 Å². The summed E-state index contributed by atoms with van der Waals surface area (Å²) in [5, 5.41) is 5.67. The van der Waals surface area contributed by atoms with Crippen LogP contribution in [0.3, 0.4) is 0 Å². The van der Waals surface area contributed by atoms with Crippen molar-refractivity contribution in [2.75, 3.05) is 11.1 Å². The van der Waals surface area contributed by atoms with E-state index in [0.29, 0.717) is 23.7 Å². The SMILES string of the molecule is CCCC(C)n1[nH]c(=O)c2c1NC(=O)CSC2c1ccc(OCc2ccccc2)cc1. The Bertz CT molecular complexity index is 1090. The third-order valence-corrected chi connectivity index (χ3v) is 6.71. The number of rotatable bonds is 7. The normalized spacial score (nSPS) is 16.8. The number of fused-ring (bicyclic) bond motifs is 1. The van der Waals surface area contributed by atoms with Gasteiger partial charge in [-0.05, 0) is 36.6 Å². The third kappa shape index (κ3) is 4.71. The van der Waals surface area contributed by atoms with Crippen LogP contribution in [0.1, 0.15) is 54.7 Å². The lowest BCUT2D eigenvalue weighted by molar-refractivity contribution is -0.113. The summed E-state index contributed by atoms with van der Waals surface area (Å²) in [6.45, 7) is 4.66. The van der Waals surface area contributed by atoms with Gasteiger partial charge in [0.15, 0.2) is 0 Å². The fourth-order valence-electron chi connectivity index (χ4n) is 3.86. The monoisotopic (exact) mass is 437 g/mol. The van der Waals surface area contributed by atoms with Crippen LogP contribution in [0.5, 0.6) is 5.75 Å². The minimum atomic E-state index is -0.226. The zero-order chi connectivity index (χ0) is 21.8. The largest absolute Gasteiger partial charge is 0.489 e. The maximum Gasteiger partial charge on any atom is 0.270 e. The molecule has 2 heterocycles. The predicted octanol–water partition coefficient (Wildman–Crippen LogP) is 4.89. The molecule has 2 atom stereocenters. The first kappa shape index (κ1) is 21.3. The van der Waals surface area contributed by atoms with Gasteiger partial charge in [0, 0.05) is 6.04 Å². The van der Waals surface area contributed by atoms with Crippen molar-refractivity contribution in [2.45, 2.75) is 44.6 Å². The molecule has 0 bridgehead atoms.